The van der Waals surface area contributed by atoms with Crippen molar-refractivity contribution in [3.8, 4) is 0 Å². The lowest BCUT2D eigenvalue weighted by atomic mass is 9.75. The van der Waals surface area contributed by atoms with Gasteiger partial charge in [0.15, 0.2) is 0 Å². The topological polar surface area (TPSA) is 60.3 Å². The normalized spacial score (nSPS) is 38.8. The number of rotatable bonds is 5. The fraction of sp³-hybridized carbons (Fsp3) is 0.917. The van der Waals surface area contributed by atoms with Crippen LogP contribution in [0, 0.1) is 11.3 Å². The largest absolute Gasteiger partial charge is 0.411 e. The predicted octanol–water partition coefficient (Wildman–Crippen LogP) is 1.64. The molecule has 0 spiro atoms. The van der Waals surface area contributed by atoms with E-state index >= 15 is 0 Å². The van der Waals surface area contributed by atoms with Crippen molar-refractivity contribution < 1.29 is 19.4 Å². The second-order valence-electron chi connectivity index (χ2n) is 5.15. The molecular weight excluding hydrogens is 222 g/mol. The van der Waals surface area contributed by atoms with E-state index in [0.29, 0.717) is 13.4 Å². The second-order valence-corrected chi connectivity index (χ2v) is 5.15. The molecule has 0 heterocycles. The molecule has 5 heteroatoms. The zero-order valence-electron chi connectivity index (χ0n) is 10.5. The van der Waals surface area contributed by atoms with Gasteiger partial charge in [0.05, 0.1) is 18.4 Å². The summed E-state index contributed by atoms with van der Waals surface area (Å²) in [5, 5.41) is 12.5. The van der Waals surface area contributed by atoms with Gasteiger partial charge in [0.2, 0.25) is 0 Å². The van der Waals surface area contributed by atoms with E-state index in [4.69, 9.17) is 19.4 Å². The lowest BCUT2D eigenvalue weighted by Gasteiger charge is -2.35. The van der Waals surface area contributed by atoms with E-state index in [1.807, 2.05) is 0 Å². The van der Waals surface area contributed by atoms with Gasteiger partial charge in [-0.2, -0.15) is 0 Å². The van der Waals surface area contributed by atoms with Crippen LogP contribution in [0.2, 0.25) is 0 Å². The van der Waals surface area contributed by atoms with E-state index in [0.717, 1.165) is 31.4 Å². The van der Waals surface area contributed by atoms with E-state index in [9.17, 15) is 0 Å². The summed E-state index contributed by atoms with van der Waals surface area (Å²) in [6.07, 6.45) is 4.08. The first kappa shape index (κ1) is 12.8. The van der Waals surface area contributed by atoms with Gasteiger partial charge in [-0.25, -0.2) is 0 Å². The monoisotopic (exact) mass is 243 g/mol. The fourth-order valence-corrected chi connectivity index (χ4v) is 3.27. The zero-order valence-corrected chi connectivity index (χ0v) is 10.5. The Morgan fingerprint density at radius 3 is 2.94 bits per heavy atom. The number of hydrogen-bond donors (Lipinski definition) is 1. The fourth-order valence-electron chi connectivity index (χ4n) is 3.27. The summed E-state index contributed by atoms with van der Waals surface area (Å²) in [6.45, 7) is 0.999. The number of methoxy groups -OCH3 is 2. The maximum absolute atomic E-state index is 9.08. The lowest BCUT2D eigenvalue weighted by molar-refractivity contribution is -0.0792. The van der Waals surface area contributed by atoms with Gasteiger partial charge in [0, 0.05) is 25.6 Å². The standard InChI is InChI=1S/C12H21NO4/c1-15-8-17-7-12-4-3-11(16-2)9(5-12)10(6-12)13-14/h9,11,14H,3-8H2,1-2H3/b13-10-/t9-,11-,12-/m0/s1. The van der Waals surface area contributed by atoms with Crippen LogP contribution in [-0.2, 0) is 14.2 Å². The highest BCUT2D eigenvalue weighted by Gasteiger charge is 2.50. The summed E-state index contributed by atoms with van der Waals surface area (Å²) in [6, 6.07) is 0. The summed E-state index contributed by atoms with van der Waals surface area (Å²) < 4.78 is 15.9. The highest BCUT2D eigenvalue weighted by molar-refractivity contribution is 5.90. The Bertz CT molecular complexity index is 290. The number of oxime groups is 1. The van der Waals surface area contributed by atoms with Gasteiger partial charge >= 0.3 is 0 Å². The summed E-state index contributed by atoms with van der Waals surface area (Å²) in [5.41, 5.74) is 0.996. The van der Waals surface area contributed by atoms with Crippen LogP contribution < -0.4 is 0 Å². The van der Waals surface area contributed by atoms with Gasteiger partial charge in [0.25, 0.3) is 0 Å². The van der Waals surface area contributed by atoms with Crippen LogP contribution in [0.1, 0.15) is 25.7 Å². The van der Waals surface area contributed by atoms with E-state index in [1.165, 1.54) is 0 Å². The molecule has 2 rings (SSSR count). The van der Waals surface area contributed by atoms with E-state index in [2.05, 4.69) is 5.16 Å². The Morgan fingerprint density at radius 1 is 1.47 bits per heavy atom. The Balaban J connectivity index is 2.03. The molecule has 0 aromatic heterocycles. The van der Waals surface area contributed by atoms with Crippen molar-refractivity contribution in [1.29, 1.82) is 0 Å². The molecule has 2 aliphatic carbocycles. The van der Waals surface area contributed by atoms with Crippen molar-refractivity contribution in [3.63, 3.8) is 0 Å². The number of hydrogen-bond acceptors (Lipinski definition) is 5. The third kappa shape index (κ3) is 2.46. The Labute approximate surface area is 102 Å². The molecule has 2 bridgehead atoms. The van der Waals surface area contributed by atoms with Gasteiger partial charge in [0.1, 0.15) is 6.79 Å². The Kier molecular flexibility index (Phi) is 4.01. The summed E-state index contributed by atoms with van der Waals surface area (Å²) in [5.74, 6) is 0.255. The number of fused-ring (bicyclic) bond motifs is 2. The lowest BCUT2D eigenvalue weighted by Crippen LogP contribution is -2.34. The first-order valence-electron chi connectivity index (χ1n) is 6.05. The first-order valence-corrected chi connectivity index (χ1v) is 6.05. The summed E-state index contributed by atoms with van der Waals surface area (Å²) >= 11 is 0. The minimum absolute atomic E-state index is 0.125. The first-order chi connectivity index (χ1) is 8.24. The van der Waals surface area contributed by atoms with Gasteiger partial charge in [-0.05, 0) is 25.7 Å². The molecule has 0 aromatic rings. The predicted molar refractivity (Wildman–Crippen MR) is 62.2 cm³/mol. The van der Waals surface area contributed by atoms with Gasteiger partial charge < -0.3 is 19.4 Å². The van der Waals surface area contributed by atoms with Gasteiger partial charge in [-0.1, -0.05) is 5.16 Å². The molecule has 0 radical (unpaired) electrons. The van der Waals surface area contributed by atoms with Crippen molar-refractivity contribution in [2.75, 3.05) is 27.6 Å². The summed E-state index contributed by atoms with van der Waals surface area (Å²) in [4.78, 5) is 0. The minimum Gasteiger partial charge on any atom is -0.411 e. The highest BCUT2D eigenvalue weighted by atomic mass is 16.7. The SMILES string of the molecule is COCOC[C@@]12CC[C@H](OC)[C@@H](C1)/C(=N\O)C2. The Hall–Kier alpha value is -0.650. The van der Waals surface area contributed by atoms with Crippen LogP contribution in [-0.4, -0.2) is 44.6 Å². The third-order valence-electron chi connectivity index (χ3n) is 4.09. The van der Waals surface area contributed by atoms with Gasteiger partial charge in [-0.15, -0.1) is 0 Å². The van der Waals surface area contributed by atoms with Crippen molar-refractivity contribution in [3.05, 3.63) is 0 Å². The number of ether oxygens (including phenoxy) is 3. The smallest absolute Gasteiger partial charge is 0.146 e. The van der Waals surface area contributed by atoms with Crippen molar-refractivity contribution in [1.82, 2.24) is 0 Å². The highest BCUT2D eigenvalue weighted by Crippen LogP contribution is 2.50. The quantitative estimate of drug-likeness (QED) is 0.345. The minimum atomic E-state index is 0.125. The van der Waals surface area contributed by atoms with Crippen LogP contribution in [0.4, 0.5) is 0 Å². The van der Waals surface area contributed by atoms with Crippen molar-refractivity contribution in [2.45, 2.75) is 31.8 Å². The molecule has 0 unspecified atom stereocenters. The average Bonchev–Trinajstić information content (AvgIpc) is 2.64. The molecule has 0 aromatic carbocycles. The van der Waals surface area contributed by atoms with Crippen molar-refractivity contribution in [2.24, 2.45) is 16.5 Å². The van der Waals surface area contributed by atoms with Crippen molar-refractivity contribution >= 4 is 5.71 Å². The van der Waals surface area contributed by atoms with Crippen LogP contribution in [0.15, 0.2) is 5.16 Å². The molecule has 2 fully saturated rings. The molecule has 5 nitrogen and oxygen atoms in total. The van der Waals surface area contributed by atoms with Crippen LogP contribution in [0.25, 0.3) is 0 Å². The molecule has 0 aliphatic heterocycles. The second kappa shape index (κ2) is 5.33. The van der Waals surface area contributed by atoms with Crippen LogP contribution >= 0.6 is 0 Å². The molecule has 17 heavy (non-hydrogen) atoms. The van der Waals surface area contributed by atoms with E-state index in [1.54, 1.807) is 14.2 Å². The van der Waals surface area contributed by atoms with E-state index in [-0.39, 0.29) is 17.4 Å². The Morgan fingerprint density at radius 2 is 2.29 bits per heavy atom. The molecule has 2 aliphatic rings. The van der Waals surface area contributed by atoms with Crippen LogP contribution in [0.3, 0.4) is 0 Å². The molecular formula is C12H21NO4. The molecule has 1 N–H and O–H groups in total. The number of nitrogens with zero attached hydrogens (tertiary/aromatic N) is 1. The van der Waals surface area contributed by atoms with Gasteiger partial charge in [-0.3, -0.25) is 0 Å². The molecule has 0 amide bonds. The summed E-state index contributed by atoms with van der Waals surface area (Å²) in [7, 11) is 3.35. The maximum atomic E-state index is 9.08. The van der Waals surface area contributed by atoms with E-state index < -0.39 is 0 Å². The molecule has 3 atom stereocenters. The molecule has 0 saturated heterocycles. The average molecular weight is 243 g/mol. The molecule has 98 valence electrons. The third-order valence-corrected chi connectivity index (χ3v) is 4.09. The maximum Gasteiger partial charge on any atom is 0.146 e. The molecule has 2 saturated carbocycles. The van der Waals surface area contributed by atoms with Crippen LogP contribution in [0.5, 0.6) is 0 Å². The zero-order chi connectivity index (χ0) is 12.3.